The SMILES string of the molecule is Cc1nc2ccc(OC(F)(F)F)cc2c2c1O[C@]1(CC2)C[C@H]2C(=O)N[C@]3(C(=O)NS(=O)(=O)C4(C)CC4)C[C@H]3/C=C\CCCCC[C@H](CC(=O)OC3(C)CCCC3)C(=O)N2C1. The average Bonchev–Trinajstić information content (AvgIpc) is 4.00. The summed E-state index contributed by atoms with van der Waals surface area (Å²) < 4.78 is 84.2. The molecule has 3 aliphatic heterocycles. The van der Waals surface area contributed by atoms with Crippen LogP contribution in [0.5, 0.6) is 11.5 Å². The molecular weight excluding hydrogens is 806 g/mol. The number of rotatable bonds is 7. The zero-order chi connectivity index (χ0) is 42.9. The average molecular weight is 859 g/mol. The Bertz CT molecular complexity index is 2240. The van der Waals surface area contributed by atoms with E-state index in [4.69, 9.17) is 9.47 Å². The van der Waals surface area contributed by atoms with E-state index in [2.05, 4.69) is 19.8 Å². The first kappa shape index (κ1) is 42.3. The molecule has 2 N–H and O–H groups in total. The molecule has 326 valence electrons. The van der Waals surface area contributed by atoms with Crippen LogP contribution in [-0.4, -0.2) is 82.4 Å². The Morgan fingerprint density at radius 3 is 2.50 bits per heavy atom. The Hall–Kier alpha value is -4.41. The van der Waals surface area contributed by atoms with Crippen molar-refractivity contribution in [2.24, 2.45) is 11.8 Å². The minimum absolute atomic E-state index is 0.0114. The van der Waals surface area contributed by atoms with Crippen LogP contribution >= 0.6 is 0 Å². The van der Waals surface area contributed by atoms with Crippen LogP contribution in [0.3, 0.4) is 0 Å². The summed E-state index contributed by atoms with van der Waals surface area (Å²) in [6, 6.07) is 2.74. The first-order chi connectivity index (χ1) is 28.2. The highest BCUT2D eigenvalue weighted by molar-refractivity contribution is 7.91. The zero-order valence-corrected chi connectivity index (χ0v) is 35.1. The molecule has 1 aromatic carbocycles. The van der Waals surface area contributed by atoms with Crippen LogP contribution in [0.2, 0.25) is 0 Å². The molecule has 0 bridgehead atoms. The largest absolute Gasteiger partial charge is 0.573 e. The number of aromatic nitrogens is 1. The Morgan fingerprint density at radius 1 is 1.03 bits per heavy atom. The van der Waals surface area contributed by atoms with Gasteiger partial charge in [0.05, 0.1) is 28.9 Å². The monoisotopic (exact) mass is 858 g/mol. The van der Waals surface area contributed by atoms with Crippen LogP contribution in [0.4, 0.5) is 13.2 Å². The van der Waals surface area contributed by atoms with E-state index in [1.54, 1.807) is 13.8 Å². The van der Waals surface area contributed by atoms with Crippen molar-refractivity contribution >= 4 is 44.6 Å². The Balaban J connectivity index is 1.13. The Kier molecular flexibility index (Phi) is 10.7. The zero-order valence-electron chi connectivity index (χ0n) is 34.3. The van der Waals surface area contributed by atoms with Crippen LogP contribution in [0.1, 0.15) is 121 Å². The Morgan fingerprint density at radius 2 is 1.78 bits per heavy atom. The van der Waals surface area contributed by atoms with Crippen LogP contribution in [0, 0.1) is 18.8 Å². The second-order valence-corrected chi connectivity index (χ2v) is 20.7. The third kappa shape index (κ3) is 8.31. The van der Waals surface area contributed by atoms with Gasteiger partial charge in [0.15, 0.2) is 0 Å². The number of hydrogen-bond donors (Lipinski definition) is 2. The maximum atomic E-state index is 14.9. The molecule has 5 atom stereocenters. The molecule has 6 aliphatic rings. The number of fused-ring (bicyclic) bond motifs is 5. The molecule has 8 rings (SSSR count). The number of alkyl halides is 3. The van der Waals surface area contributed by atoms with Gasteiger partial charge in [0, 0.05) is 29.2 Å². The van der Waals surface area contributed by atoms with E-state index >= 15 is 0 Å². The number of pyridine rings is 1. The van der Waals surface area contributed by atoms with E-state index in [0.717, 1.165) is 38.5 Å². The van der Waals surface area contributed by atoms with E-state index in [1.165, 1.54) is 23.1 Å². The van der Waals surface area contributed by atoms with E-state index in [-0.39, 0.29) is 32.2 Å². The molecule has 2 aromatic rings. The number of sulfonamides is 1. The second kappa shape index (κ2) is 15.2. The lowest BCUT2D eigenvalue weighted by atomic mass is 9.87. The maximum absolute atomic E-state index is 14.9. The predicted octanol–water partition coefficient (Wildman–Crippen LogP) is 6.38. The first-order valence-electron chi connectivity index (χ1n) is 21.2. The predicted molar refractivity (Wildman–Crippen MR) is 212 cm³/mol. The van der Waals surface area contributed by atoms with Crippen molar-refractivity contribution in [1.29, 1.82) is 0 Å². The van der Waals surface area contributed by atoms with Gasteiger partial charge in [-0.3, -0.25) is 23.9 Å². The number of halogens is 3. The van der Waals surface area contributed by atoms with Crippen molar-refractivity contribution in [3.8, 4) is 11.5 Å². The number of nitrogens with one attached hydrogen (secondary N) is 2. The summed E-state index contributed by atoms with van der Waals surface area (Å²) >= 11 is 0. The maximum Gasteiger partial charge on any atom is 0.573 e. The number of amides is 3. The highest BCUT2D eigenvalue weighted by atomic mass is 32.2. The highest BCUT2D eigenvalue weighted by Crippen LogP contribution is 2.49. The number of nitrogens with zero attached hydrogens (tertiary/aromatic N) is 2. The van der Waals surface area contributed by atoms with Gasteiger partial charge >= 0.3 is 12.3 Å². The molecule has 3 saturated carbocycles. The number of carbonyl (C=O) groups excluding carboxylic acids is 4. The number of esters is 1. The Labute approximate surface area is 347 Å². The van der Waals surface area contributed by atoms with Gasteiger partial charge in [-0.2, -0.15) is 0 Å². The summed E-state index contributed by atoms with van der Waals surface area (Å²) in [7, 11) is -4.04. The quantitative estimate of drug-likeness (QED) is 0.235. The summed E-state index contributed by atoms with van der Waals surface area (Å²) in [6.07, 6.45) is 6.82. The van der Waals surface area contributed by atoms with Gasteiger partial charge in [-0.05, 0) is 116 Å². The first-order valence-corrected chi connectivity index (χ1v) is 22.7. The van der Waals surface area contributed by atoms with Crippen LogP contribution < -0.4 is 19.5 Å². The molecule has 0 radical (unpaired) electrons. The van der Waals surface area contributed by atoms with Gasteiger partial charge in [-0.1, -0.05) is 25.0 Å². The number of carbonyl (C=O) groups is 4. The molecule has 3 amide bonds. The third-order valence-corrected chi connectivity index (χ3v) is 15.9. The van der Waals surface area contributed by atoms with Gasteiger partial charge in [-0.25, -0.2) is 13.4 Å². The lowest BCUT2D eigenvalue weighted by Crippen LogP contribution is -2.57. The lowest BCUT2D eigenvalue weighted by molar-refractivity contribution is -0.274. The molecule has 4 fully saturated rings. The molecule has 4 heterocycles. The topological polar surface area (TPSA) is 170 Å². The van der Waals surface area contributed by atoms with E-state index in [0.29, 0.717) is 66.4 Å². The number of hydrogen-bond acceptors (Lipinski definition) is 10. The summed E-state index contributed by atoms with van der Waals surface area (Å²) in [6.45, 7) is 5.13. The fourth-order valence-corrected chi connectivity index (χ4v) is 11.1. The molecule has 13 nitrogen and oxygen atoms in total. The minimum atomic E-state index is -4.90. The number of aryl methyl sites for hydroxylation is 2. The van der Waals surface area contributed by atoms with Crippen LogP contribution in [0.25, 0.3) is 10.9 Å². The molecule has 1 aromatic heterocycles. The van der Waals surface area contributed by atoms with Gasteiger partial charge < -0.3 is 24.4 Å². The summed E-state index contributed by atoms with van der Waals surface area (Å²) in [5.74, 6) is -3.79. The van der Waals surface area contributed by atoms with E-state index in [9.17, 15) is 40.8 Å². The van der Waals surface area contributed by atoms with Crippen LogP contribution in [-0.2, 0) is 40.4 Å². The minimum Gasteiger partial charge on any atom is -0.483 e. The molecule has 1 spiro atoms. The standard InChI is InChI=1S/C43H53F3N4O9S/c1-26-35-30(31-22-29(57-43(44,45)46)13-14-32(31)47-26)15-18-41(59-35)24-33-36(52)48-42(38(54)49-60(55,56)40(3)19-20-40)23-28(42)12-8-6-4-5-7-11-27(37(53)50(33)25-41)21-34(51)58-39(2)16-9-10-17-39/h8,12-14,22,27-28,33H,4-7,9-11,15-21,23-25H2,1-3H3,(H,48,52)(H,49,54)/b12-8-/t27-,28-,33+,41-,42-/m1/s1. The smallest absolute Gasteiger partial charge is 0.483 e. The number of benzene rings is 1. The molecule has 60 heavy (non-hydrogen) atoms. The molecular formula is C43H53F3N4O9S. The molecule has 0 unspecified atom stereocenters. The van der Waals surface area contributed by atoms with Crippen molar-refractivity contribution in [2.45, 2.75) is 157 Å². The number of allylic oxidation sites excluding steroid dienone is 1. The fourth-order valence-electron chi connectivity index (χ4n) is 9.74. The second-order valence-electron chi connectivity index (χ2n) is 18.5. The summed E-state index contributed by atoms with van der Waals surface area (Å²) in [5, 5.41) is 3.32. The van der Waals surface area contributed by atoms with Crippen molar-refractivity contribution in [3.05, 3.63) is 41.6 Å². The van der Waals surface area contributed by atoms with E-state index in [1.807, 2.05) is 19.1 Å². The molecule has 1 saturated heterocycles. The van der Waals surface area contributed by atoms with Crippen molar-refractivity contribution < 1.29 is 55.0 Å². The molecule has 17 heteroatoms. The van der Waals surface area contributed by atoms with Crippen molar-refractivity contribution in [2.75, 3.05) is 6.54 Å². The summed E-state index contributed by atoms with van der Waals surface area (Å²) in [5.41, 5.74) is -1.80. The van der Waals surface area contributed by atoms with Gasteiger partial charge in [0.2, 0.25) is 21.8 Å². The van der Waals surface area contributed by atoms with Crippen LogP contribution in [0.15, 0.2) is 30.4 Å². The van der Waals surface area contributed by atoms with Crippen molar-refractivity contribution in [3.63, 3.8) is 0 Å². The van der Waals surface area contributed by atoms with Crippen molar-refractivity contribution in [1.82, 2.24) is 19.9 Å². The third-order valence-electron chi connectivity index (χ3n) is 13.7. The lowest BCUT2D eigenvalue weighted by Gasteiger charge is -2.36. The van der Waals surface area contributed by atoms with Gasteiger partial charge in [-0.15, -0.1) is 13.2 Å². The fraction of sp³-hybridized carbons (Fsp3) is 0.651. The normalized spacial score (nSPS) is 30.4. The number of ether oxygens (including phenoxy) is 3. The van der Waals surface area contributed by atoms with Gasteiger partial charge in [0.25, 0.3) is 5.91 Å². The summed E-state index contributed by atoms with van der Waals surface area (Å²) in [4.78, 5) is 63.3. The van der Waals surface area contributed by atoms with Gasteiger partial charge in [0.1, 0.15) is 34.3 Å². The molecule has 3 aliphatic carbocycles. The van der Waals surface area contributed by atoms with E-state index < -0.39 is 85.2 Å². The highest BCUT2D eigenvalue weighted by Gasteiger charge is 2.64.